The van der Waals surface area contributed by atoms with Crippen LogP contribution >= 0.6 is 31.9 Å². The van der Waals surface area contributed by atoms with E-state index in [0.717, 1.165) is 20.1 Å². The van der Waals surface area contributed by atoms with Gasteiger partial charge in [-0.3, -0.25) is 9.59 Å². The van der Waals surface area contributed by atoms with Gasteiger partial charge in [0, 0.05) is 33.1 Å². The summed E-state index contributed by atoms with van der Waals surface area (Å²) in [6, 6.07) is 12.4. The molecule has 2 aliphatic rings. The molecule has 12 nitrogen and oxygen atoms in total. The fraction of sp³-hybridized carbons (Fsp3) is 0.500. The first kappa shape index (κ1) is 44.6. The molecule has 0 unspecified atom stereocenters. The van der Waals surface area contributed by atoms with Crippen molar-refractivity contribution in [2.45, 2.75) is 89.8 Å². The topological polar surface area (TPSA) is 220 Å². The summed E-state index contributed by atoms with van der Waals surface area (Å²) in [5.41, 5.74) is 0.479. The average molecular weight is 838 g/mol. The zero-order valence-electron chi connectivity index (χ0n) is 26.8. The van der Waals surface area contributed by atoms with Gasteiger partial charge in [0.1, 0.15) is 11.2 Å². The minimum absolute atomic E-state index is 0. The van der Waals surface area contributed by atoms with Crippen molar-refractivity contribution in [1.82, 2.24) is 10.6 Å². The number of carbonyl (C=O) groups is 4. The van der Waals surface area contributed by atoms with E-state index in [2.05, 4.69) is 42.5 Å². The van der Waals surface area contributed by atoms with E-state index < -0.39 is 71.1 Å². The van der Waals surface area contributed by atoms with Crippen molar-refractivity contribution in [3.63, 3.8) is 0 Å². The van der Waals surface area contributed by atoms with Crippen molar-refractivity contribution in [3.8, 4) is 0 Å². The first-order valence-corrected chi connectivity index (χ1v) is 15.8. The SMILES string of the molecule is CC(C)(C)OC(=O)[C@@H]1C[C@H](C(=O)[O-])N[C@@H]1c1ccc(Br)cc1.CC(C)(C)OC(=O)[C@H]1C[C@@H](C(=O)[O-])N[C@H]1c1ccc(Br)cc1.O.O.[Cu+2]. The van der Waals surface area contributed by atoms with Crippen LogP contribution in [0, 0.1) is 11.8 Å². The smallest absolute Gasteiger partial charge is 0.548 e. The van der Waals surface area contributed by atoms with Gasteiger partial charge < -0.3 is 50.9 Å². The Bertz CT molecular complexity index is 1240. The van der Waals surface area contributed by atoms with Crippen molar-refractivity contribution in [1.29, 1.82) is 0 Å². The zero-order chi connectivity index (χ0) is 33.0. The summed E-state index contributed by atoms with van der Waals surface area (Å²) in [5.74, 6) is -4.29. The third-order valence-corrected chi connectivity index (χ3v) is 8.05. The molecule has 0 spiro atoms. The quantitative estimate of drug-likeness (QED) is 0.315. The molecule has 1 radical (unpaired) electrons. The van der Waals surface area contributed by atoms with Crippen LogP contribution in [0.1, 0.15) is 77.6 Å². The van der Waals surface area contributed by atoms with Crippen LogP contribution in [0.4, 0.5) is 0 Å². The van der Waals surface area contributed by atoms with Crippen molar-refractivity contribution in [3.05, 3.63) is 68.6 Å². The predicted octanol–water partition coefficient (Wildman–Crippen LogP) is 1.47. The molecular weight excluding hydrogens is 796 g/mol. The fourth-order valence-electron chi connectivity index (χ4n) is 5.13. The third kappa shape index (κ3) is 13.2. The van der Waals surface area contributed by atoms with Crippen molar-refractivity contribution >= 4 is 55.7 Å². The fourth-order valence-corrected chi connectivity index (χ4v) is 5.66. The summed E-state index contributed by atoms with van der Waals surface area (Å²) in [7, 11) is 0. The van der Waals surface area contributed by atoms with Gasteiger partial charge in [-0.1, -0.05) is 56.1 Å². The number of esters is 2. The number of ether oxygens (including phenoxy) is 2. The van der Waals surface area contributed by atoms with Crippen molar-refractivity contribution in [2.75, 3.05) is 0 Å². The summed E-state index contributed by atoms with van der Waals surface area (Å²) in [5, 5.41) is 28.2. The van der Waals surface area contributed by atoms with Gasteiger partial charge in [-0.25, -0.2) is 0 Å². The maximum atomic E-state index is 12.4. The Morgan fingerprint density at radius 2 is 0.915 bits per heavy atom. The summed E-state index contributed by atoms with van der Waals surface area (Å²) in [4.78, 5) is 47.1. The Kier molecular flexibility index (Phi) is 17.5. The van der Waals surface area contributed by atoms with E-state index in [1.807, 2.05) is 48.5 Å². The molecule has 2 saturated heterocycles. The Morgan fingerprint density at radius 3 is 1.15 bits per heavy atom. The van der Waals surface area contributed by atoms with E-state index in [4.69, 9.17) is 9.47 Å². The summed E-state index contributed by atoms with van der Waals surface area (Å²) >= 11 is 6.71. The second-order valence-electron chi connectivity index (χ2n) is 12.9. The van der Waals surface area contributed by atoms with Crippen molar-refractivity contribution < 1.29 is 66.9 Å². The number of carboxylic acids is 2. The summed E-state index contributed by atoms with van der Waals surface area (Å²) in [6.45, 7) is 10.7. The van der Waals surface area contributed by atoms with Gasteiger partial charge in [0.2, 0.25) is 0 Å². The second kappa shape index (κ2) is 18.4. The molecule has 0 aromatic heterocycles. The van der Waals surface area contributed by atoms with Crippen LogP contribution < -0.4 is 20.8 Å². The average Bonchev–Trinajstić information content (AvgIpc) is 3.54. The number of hydrogen-bond acceptors (Lipinski definition) is 10. The number of aliphatic carboxylic acids is 2. The monoisotopic (exact) mass is 835 g/mol. The molecule has 2 aliphatic heterocycles. The molecule has 6 atom stereocenters. The molecule has 0 amide bonds. The van der Waals surface area contributed by atoms with Gasteiger partial charge in [-0.15, -0.1) is 0 Å². The van der Waals surface area contributed by atoms with E-state index in [9.17, 15) is 29.4 Å². The molecule has 2 fully saturated rings. The molecular formula is C32H42Br2CuN2O10. The Labute approximate surface area is 302 Å². The maximum Gasteiger partial charge on any atom is 2.00 e. The molecule has 0 aliphatic carbocycles. The van der Waals surface area contributed by atoms with E-state index in [1.54, 1.807) is 41.5 Å². The molecule has 2 heterocycles. The van der Waals surface area contributed by atoms with Crippen LogP contribution in [0.2, 0.25) is 0 Å². The second-order valence-corrected chi connectivity index (χ2v) is 14.7. The Morgan fingerprint density at radius 1 is 0.638 bits per heavy atom. The number of hydrogen-bond donors (Lipinski definition) is 2. The van der Waals surface area contributed by atoms with Gasteiger partial charge in [0.25, 0.3) is 0 Å². The number of benzene rings is 2. The Balaban J connectivity index is 0.000000846. The Hall–Kier alpha value is -2.36. The van der Waals surface area contributed by atoms with Gasteiger partial charge >= 0.3 is 29.0 Å². The van der Waals surface area contributed by atoms with E-state index >= 15 is 0 Å². The molecule has 6 N–H and O–H groups in total. The molecule has 0 saturated carbocycles. The van der Waals surface area contributed by atoms with E-state index in [0.29, 0.717) is 0 Å². The minimum atomic E-state index is -1.20. The number of carbonyl (C=O) groups excluding carboxylic acids is 4. The van der Waals surface area contributed by atoms with Crippen molar-refractivity contribution in [2.24, 2.45) is 11.8 Å². The van der Waals surface area contributed by atoms with Gasteiger partial charge in [0.05, 0.1) is 23.8 Å². The molecule has 15 heteroatoms. The molecule has 2 aromatic carbocycles. The van der Waals surface area contributed by atoms with Crippen LogP contribution in [-0.4, -0.2) is 58.1 Å². The first-order valence-electron chi connectivity index (χ1n) is 14.2. The molecule has 4 rings (SSSR count). The van der Waals surface area contributed by atoms with Crippen LogP contribution in [0.5, 0.6) is 0 Å². The van der Waals surface area contributed by atoms with E-state index in [1.165, 1.54) is 0 Å². The molecule has 0 bridgehead atoms. The third-order valence-electron chi connectivity index (χ3n) is 6.99. The van der Waals surface area contributed by atoms with Crippen LogP contribution in [0.25, 0.3) is 0 Å². The van der Waals surface area contributed by atoms with Crippen LogP contribution in [-0.2, 0) is 45.7 Å². The maximum absolute atomic E-state index is 12.4. The number of nitrogens with one attached hydrogen (secondary N) is 2. The predicted molar refractivity (Wildman–Crippen MR) is 173 cm³/mol. The molecule has 265 valence electrons. The zero-order valence-corrected chi connectivity index (χ0v) is 30.9. The van der Waals surface area contributed by atoms with Crippen LogP contribution in [0.15, 0.2) is 57.5 Å². The number of carboxylic acid groups (broad SMARTS) is 2. The summed E-state index contributed by atoms with van der Waals surface area (Å²) in [6.07, 6.45) is 0.329. The normalized spacial score (nSPS) is 23.4. The number of rotatable bonds is 6. The standard InChI is InChI=1S/2C16H20BrNO4.Cu.2H2O/c2*1-16(2,3)22-15(21)11-8-12(14(19)20)18-13(11)9-4-6-10(17)7-5-9;;;/h2*4-7,11-13,18H,8H2,1-3H3,(H,19,20);;2*1H2/q;;+2;;/p-2/t2*11-,12-,13-;;;/m10.../s1. The van der Waals surface area contributed by atoms with Crippen LogP contribution in [0.3, 0.4) is 0 Å². The van der Waals surface area contributed by atoms with Gasteiger partial charge in [0.15, 0.2) is 0 Å². The minimum Gasteiger partial charge on any atom is -0.548 e. The van der Waals surface area contributed by atoms with Gasteiger partial charge in [-0.2, -0.15) is 0 Å². The molecule has 2 aromatic rings. The largest absolute Gasteiger partial charge is 2.00 e. The van der Waals surface area contributed by atoms with Gasteiger partial charge in [-0.05, 0) is 89.8 Å². The first-order chi connectivity index (χ1) is 20.3. The molecule has 47 heavy (non-hydrogen) atoms. The van der Waals surface area contributed by atoms with E-state index in [-0.39, 0.29) is 40.9 Å². The summed E-state index contributed by atoms with van der Waals surface area (Å²) < 4.78 is 12.7. The number of halogens is 2.